The summed E-state index contributed by atoms with van der Waals surface area (Å²) in [6, 6.07) is 14.7. The van der Waals surface area contributed by atoms with Crippen LogP contribution in [0.25, 0.3) is 0 Å². The van der Waals surface area contributed by atoms with Gasteiger partial charge in [0, 0.05) is 19.1 Å². The molecule has 2 rings (SSSR count). The van der Waals surface area contributed by atoms with Crippen LogP contribution in [-0.2, 0) is 6.42 Å². The fourth-order valence-corrected chi connectivity index (χ4v) is 3.55. The quantitative estimate of drug-likeness (QED) is 0.631. The Balaban J connectivity index is 2.27. The number of hydrogen-bond donors (Lipinski definition) is 1. The van der Waals surface area contributed by atoms with Crippen molar-refractivity contribution in [1.29, 1.82) is 0 Å². The lowest BCUT2D eigenvalue weighted by Gasteiger charge is -2.19. The van der Waals surface area contributed by atoms with Crippen LogP contribution in [0.15, 0.2) is 46.9 Å². The standard InChI is InChI=1S/C15H14BrClIN/c1-19-15(12-4-2-3-5-14(12)18)8-10-6-7-11(16)9-13(10)17/h2-7,9,15,19H,8H2,1H3. The summed E-state index contributed by atoms with van der Waals surface area (Å²) >= 11 is 12.1. The normalized spacial score (nSPS) is 12.4. The number of rotatable bonds is 4. The Morgan fingerprint density at radius 3 is 2.63 bits per heavy atom. The van der Waals surface area contributed by atoms with E-state index in [1.807, 2.05) is 19.2 Å². The second-order valence-electron chi connectivity index (χ2n) is 4.30. The van der Waals surface area contributed by atoms with Gasteiger partial charge < -0.3 is 5.32 Å². The lowest BCUT2D eigenvalue weighted by molar-refractivity contribution is 0.589. The van der Waals surface area contributed by atoms with Crippen LogP contribution in [0.1, 0.15) is 17.2 Å². The first-order valence-electron chi connectivity index (χ1n) is 5.97. The van der Waals surface area contributed by atoms with Crippen molar-refractivity contribution in [3.8, 4) is 0 Å². The lowest BCUT2D eigenvalue weighted by atomic mass is 9.99. The van der Waals surface area contributed by atoms with Crippen LogP contribution in [0, 0.1) is 3.57 Å². The number of halogens is 3. The van der Waals surface area contributed by atoms with Crippen LogP contribution in [-0.4, -0.2) is 7.05 Å². The monoisotopic (exact) mass is 449 g/mol. The Hall–Kier alpha value is -0.100. The molecule has 0 saturated heterocycles. The molecule has 0 amide bonds. The molecule has 0 heterocycles. The molecule has 0 radical (unpaired) electrons. The molecule has 100 valence electrons. The van der Waals surface area contributed by atoms with E-state index in [0.29, 0.717) is 0 Å². The van der Waals surface area contributed by atoms with Crippen molar-refractivity contribution >= 4 is 50.1 Å². The first kappa shape index (κ1) is 15.3. The summed E-state index contributed by atoms with van der Waals surface area (Å²) in [6.07, 6.45) is 0.878. The molecule has 19 heavy (non-hydrogen) atoms. The van der Waals surface area contributed by atoms with Crippen molar-refractivity contribution in [2.24, 2.45) is 0 Å². The number of likely N-dealkylation sites (N-methyl/N-ethyl adjacent to an activating group) is 1. The number of hydrogen-bond acceptors (Lipinski definition) is 1. The predicted octanol–water partition coefficient (Wildman–Crippen LogP) is 5.21. The molecule has 0 aliphatic carbocycles. The highest BCUT2D eigenvalue weighted by molar-refractivity contribution is 14.1. The highest BCUT2D eigenvalue weighted by atomic mass is 127. The van der Waals surface area contributed by atoms with Gasteiger partial charge in [-0.3, -0.25) is 0 Å². The zero-order chi connectivity index (χ0) is 13.8. The molecular weight excluding hydrogens is 436 g/mol. The average Bonchev–Trinajstić information content (AvgIpc) is 2.39. The molecule has 1 N–H and O–H groups in total. The third kappa shape index (κ3) is 3.94. The molecule has 0 spiro atoms. The molecule has 2 aromatic carbocycles. The molecule has 0 bridgehead atoms. The van der Waals surface area contributed by atoms with Crippen molar-refractivity contribution in [2.75, 3.05) is 7.05 Å². The van der Waals surface area contributed by atoms with Crippen LogP contribution < -0.4 is 5.32 Å². The first-order valence-corrected chi connectivity index (χ1v) is 8.22. The van der Waals surface area contributed by atoms with E-state index < -0.39 is 0 Å². The van der Waals surface area contributed by atoms with Crippen LogP contribution in [0.3, 0.4) is 0 Å². The largest absolute Gasteiger partial charge is 0.313 e. The summed E-state index contributed by atoms with van der Waals surface area (Å²) < 4.78 is 2.28. The zero-order valence-electron chi connectivity index (χ0n) is 10.5. The first-order chi connectivity index (χ1) is 9.11. The van der Waals surface area contributed by atoms with Gasteiger partial charge in [-0.05, 0) is 65.4 Å². The van der Waals surface area contributed by atoms with Crippen molar-refractivity contribution < 1.29 is 0 Å². The van der Waals surface area contributed by atoms with Crippen molar-refractivity contribution in [3.05, 3.63) is 66.7 Å². The van der Waals surface area contributed by atoms with Gasteiger partial charge in [0.05, 0.1) is 0 Å². The highest BCUT2D eigenvalue weighted by Gasteiger charge is 2.14. The van der Waals surface area contributed by atoms with Gasteiger partial charge in [-0.15, -0.1) is 0 Å². The minimum absolute atomic E-state index is 0.270. The summed E-state index contributed by atoms with van der Waals surface area (Å²) in [6.45, 7) is 0. The molecular formula is C15H14BrClIN. The molecule has 0 saturated carbocycles. The Labute approximate surface area is 141 Å². The molecule has 1 atom stereocenters. The maximum atomic E-state index is 6.30. The van der Waals surface area contributed by atoms with E-state index >= 15 is 0 Å². The van der Waals surface area contributed by atoms with Crippen molar-refractivity contribution in [1.82, 2.24) is 5.32 Å². The van der Waals surface area contributed by atoms with E-state index in [4.69, 9.17) is 11.6 Å². The Morgan fingerprint density at radius 1 is 1.26 bits per heavy atom. The van der Waals surface area contributed by atoms with E-state index in [2.05, 4.69) is 74.2 Å². The summed E-state index contributed by atoms with van der Waals surface area (Å²) in [5.41, 5.74) is 2.47. The van der Waals surface area contributed by atoms with Crippen molar-refractivity contribution in [2.45, 2.75) is 12.5 Å². The van der Waals surface area contributed by atoms with E-state index in [1.165, 1.54) is 9.13 Å². The lowest BCUT2D eigenvalue weighted by Crippen LogP contribution is -2.20. The van der Waals surface area contributed by atoms with Gasteiger partial charge in [0.15, 0.2) is 0 Å². The molecule has 0 aliphatic heterocycles. The van der Waals surface area contributed by atoms with Crippen LogP contribution in [0.2, 0.25) is 5.02 Å². The van der Waals surface area contributed by atoms with E-state index in [9.17, 15) is 0 Å². The second-order valence-corrected chi connectivity index (χ2v) is 6.79. The third-order valence-electron chi connectivity index (χ3n) is 3.07. The minimum Gasteiger partial charge on any atom is -0.313 e. The number of nitrogens with one attached hydrogen (secondary N) is 1. The minimum atomic E-state index is 0.270. The molecule has 4 heteroatoms. The van der Waals surface area contributed by atoms with Crippen molar-refractivity contribution in [3.63, 3.8) is 0 Å². The van der Waals surface area contributed by atoms with Gasteiger partial charge in [0.25, 0.3) is 0 Å². The molecule has 0 aliphatic rings. The molecule has 1 nitrogen and oxygen atoms in total. The highest BCUT2D eigenvalue weighted by Crippen LogP contribution is 2.28. The predicted molar refractivity (Wildman–Crippen MR) is 93.8 cm³/mol. The summed E-state index contributed by atoms with van der Waals surface area (Å²) in [5, 5.41) is 4.18. The summed E-state index contributed by atoms with van der Waals surface area (Å²) in [5.74, 6) is 0. The fourth-order valence-electron chi connectivity index (χ4n) is 2.03. The fraction of sp³-hybridized carbons (Fsp3) is 0.200. The molecule has 2 aromatic rings. The zero-order valence-corrected chi connectivity index (χ0v) is 15.0. The molecule has 0 aromatic heterocycles. The smallest absolute Gasteiger partial charge is 0.0449 e. The maximum Gasteiger partial charge on any atom is 0.0449 e. The van der Waals surface area contributed by atoms with E-state index in [-0.39, 0.29) is 6.04 Å². The summed E-state index contributed by atoms with van der Waals surface area (Å²) in [7, 11) is 1.99. The Kier molecular flexibility index (Phi) is 5.69. The summed E-state index contributed by atoms with van der Waals surface area (Å²) in [4.78, 5) is 0. The molecule has 1 unspecified atom stereocenters. The van der Waals surface area contributed by atoms with Gasteiger partial charge >= 0.3 is 0 Å². The van der Waals surface area contributed by atoms with Gasteiger partial charge in [0.1, 0.15) is 0 Å². The maximum absolute atomic E-state index is 6.30. The van der Waals surface area contributed by atoms with Crippen LogP contribution in [0.4, 0.5) is 0 Å². The van der Waals surface area contributed by atoms with Gasteiger partial charge in [-0.1, -0.05) is 51.8 Å². The topological polar surface area (TPSA) is 12.0 Å². The Morgan fingerprint density at radius 2 is 2.00 bits per heavy atom. The second kappa shape index (κ2) is 7.07. The van der Waals surface area contributed by atoms with Gasteiger partial charge in [-0.2, -0.15) is 0 Å². The van der Waals surface area contributed by atoms with Gasteiger partial charge in [-0.25, -0.2) is 0 Å². The average molecular weight is 451 g/mol. The van der Waals surface area contributed by atoms with Gasteiger partial charge in [0.2, 0.25) is 0 Å². The van der Waals surface area contributed by atoms with E-state index in [0.717, 1.165) is 21.5 Å². The SMILES string of the molecule is CNC(Cc1ccc(Br)cc1Cl)c1ccccc1I. The number of benzene rings is 2. The van der Waals surface area contributed by atoms with Crippen LogP contribution >= 0.6 is 50.1 Å². The molecule has 0 fully saturated rings. The van der Waals surface area contributed by atoms with E-state index in [1.54, 1.807) is 0 Å². The van der Waals surface area contributed by atoms with Crippen LogP contribution in [0.5, 0.6) is 0 Å². The Bertz CT molecular complexity index is 574. The third-order valence-corrected chi connectivity index (χ3v) is 4.90.